The van der Waals surface area contributed by atoms with Gasteiger partial charge in [-0.15, -0.1) is 0 Å². The van der Waals surface area contributed by atoms with Gasteiger partial charge in [0, 0.05) is 5.56 Å². The fourth-order valence-electron chi connectivity index (χ4n) is 3.03. The summed E-state index contributed by atoms with van der Waals surface area (Å²) in [7, 11) is -3.56. The van der Waals surface area contributed by atoms with Gasteiger partial charge >= 0.3 is 0 Å². The molecule has 25 heavy (non-hydrogen) atoms. The van der Waals surface area contributed by atoms with Crippen molar-refractivity contribution < 1.29 is 12.9 Å². The first-order chi connectivity index (χ1) is 11.8. The summed E-state index contributed by atoms with van der Waals surface area (Å²) >= 11 is 0. The van der Waals surface area contributed by atoms with Crippen LogP contribution in [0.2, 0.25) is 0 Å². The quantitative estimate of drug-likeness (QED) is 0.708. The third kappa shape index (κ3) is 3.64. The van der Waals surface area contributed by atoms with Gasteiger partial charge < -0.3 is 4.52 Å². The molecule has 6 heteroatoms. The van der Waals surface area contributed by atoms with E-state index in [1.807, 2.05) is 50.2 Å². The van der Waals surface area contributed by atoms with E-state index >= 15 is 0 Å². The molecule has 0 bridgehead atoms. The molecule has 0 amide bonds. The lowest BCUT2D eigenvalue weighted by Crippen LogP contribution is -2.09. The van der Waals surface area contributed by atoms with Crippen LogP contribution < -0.4 is 0 Å². The highest BCUT2D eigenvalue weighted by molar-refractivity contribution is 7.90. The molecular formula is C19H20N2O3S. The Balaban J connectivity index is 1.91. The van der Waals surface area contributed by atoms with Crippen molar-refractivity contribution >= 4 is 9.84 Å². The van der Waals surface area contributed by atoms with Crippen LogP contribution in [0, 0.1) is 27.7 Å². The highest BCUT2D eigenvalue weighted by atomic mass is 32.2. The molecule has 0 fully saturated rings. The average Bonchev–Trinajstić information content (AvgIpc) is 2.94. The second kappa shape index (κ2) is 6.44. The number of hydrogen-bond acceptors (Lipinski definition) is 5. The Morgan fingerprint density at radius 1 is 0.920 bits per heavy atom. The highest BCUT2D eigenvalue weighted by Gasteiger charge is 2.24. The average molecular weight is 356 g/mol. The lowest BCUT2D eigenvalue weighted by Gasteiger charge is -2.10. The van der Waals surface area contributed by atoms with Crippen LogP contribution in [-0.2, 0) is 15.6 Å². The summed E-state index contributed by atoms with van der Waals surface area (Å²) in [4.78, 5) is 4.58. The fraction of sp³-hybridized carbons (Fsp3) is 0.263. The van der Waals surface area contributed by atoms with Crippen LogP contribution in [0.5, 0.6) is 0 Å². The molecule has 0 saturated heterocycles. The molecule has 0 radical (unpaired) electrons. The number of hydrogen-bond donors (Lipinski definition) is 0. The van der Waals surface area contributed by atoms with E-state index in [1.165, 1.54) is 0 Å². The van der Waals surface area contributed by atoms with Crippen molar-refractivity contribution in [3.05, 3.63) is 64.5 Å². The third-order valence-electron chi connectivity index (χ3n) is 4.01. The standard InChI is InChI=1S/C19H20N2O3S/c1-12-5-7-16(8-6-12)19-20-17(24-21-19)11-25(22,23)18-14(3)9-13(2)10-15(18)4/h5-10H,11H2,1-4H3. The molecule has 5 nitrogen and oxygen atoms in total. The molecule has 0 aliphatic carbocycles. The van der Waals surface area contributed by atoms with Crippen LogP contribution in [0.3, 0.4) is 0 Å². The first-order valence-corrected chi connectivity index (χ1v) is 9.62. The Labute approximate surface area is 147 Å². The van der Waals surface area contributed by atoms with E-state index in [1.54, 1.807) is 13.8 Å². The number of nitrogens with zero attached hydrogens (tertiary/aromatic N) is 2. The minimum absolute atomic E-state index is 0.0925. The molecule has 1 heterocycles. The number of sulfone groups is 1. The monoisotopic (exact) mass is 356 g/mol. The Morgan fingerprint density at radius 2 is 1.52 bits per heavy atom. The summed E-state index contributed by atoms with van der Waals surface area (Å²) in [5.41, 5.74) is 4.42. The molecule has 1 aromatic heterocycles. The molecule has 0 N–H and O–H groups in total. The lowest BCUT2D eigenvalue weighted by atomic mass is 10.1. The van der Waals surface area contributed by atoms with Crippen LogP contribution in [-0.4, -0.2) is 18.6 Å². The second-order valence-corrected chi connectivity index (χ2v) is 8.29. The van der Waals surface area contributed by atoms with E-state index in [9.17, 15) is 8.42 Å². The zero-order chi connectivity index (χ0) is 18.2. The van der Waals surface area contributed by atoms with E-state index in [2.05, 4.69) is 10.1 Å². The van der Waals surface area contributed by atoms with Gasteiger partial charge in [0.1, 0.15) is 5.75 Å². The van der Waals surface area contributed by atoms with E-state index in [-0.39, 0.29) is 11.6 Å². The zero-order valence-electron chi connectivity index (χ0n) is 14.7. The summed E-state index contributed by atoms with van der Waals surface area (Å²) in [5.74, 6) is 0.175. The molecule has 0 aliphatic rings. The molecule has 0 aliphatic heterocycles. The Kier molecular flexibility index (Phi) is 4.47. The van der Waals surface area contributed by atoms with Crippen molar-refractivity contribution in [3.63, 3.8) is 0 Å². The number of aromatic nitrogens is 2. The normalized spacial score (nSPS) is 11.7. The predicted molar refractivity (Wildman–Crippen MR) is 96.0 cm³/mol. The van der Waals surface area contributed by atoms with Gasteiger partial charge in [0.25, 0.3) is 0 Å². The summed E-state index contributed by atoms with van der Waals surface area (Å²) < 4.78 is 30.8. The largest absolute Gasteiger partial charge is 0.338 e. The van der Waals surface area contributed by atoms with Gasteiger partial charge in [-0.2, -0.15) is 4.98 Å². The number of aryl methyl sites for hydroxylation is 4. The minimum atomic E-state index is -3.56. The van der Waals surface area contributed by atoms with Crippen molar-refractivity contribution in [1.82, 2.24) is 10.1 Å². The van der Waals surface area contributed by atoms with Gasteiger partial charge in [0.05, 0.1) is 4.90 Å². The van der Waals surface area contributed by atoms with Crippen molar-refractivity contribution in [1.29, 1.82) is 0 Å². The minimum Gasteiger partial charge on any atom is -0.338 e. The molecule has 2 aromatic carbocycles. The Bertz CT molecular complexity index is 996. The molecule has 3 rings (SSSR count). The molecule has 130 valence electrons. The van der Waals surface area contributed by atoms with Gasteiger partial charge in [-0.3, -0.25) is 0 Å². The first-order valence-electron chi connectivity index (χ1n) is 7.96. The van der Waals surface area contributed by atoms with E-state index in [0.29, 0.717) is 10.7 Å². The molecule has 0 spiro atoms. The Morgan fingerprint density at radius 3 is 2.12 bits per heavy atom. The summed E-state index contributed by atoms with van der Waals surface area (Å²) in [6.07, 6.45) is 0. The highest BCUT2D eigenvalue weighted by Crippen LogP contribution is 2.25. The summed E-state index contributed by atoms with van der Waals surface area (Å²) in [6.45, 7) is 7.55. The Hall–Kier alpha value is -2.47. The summed E-state index contributed by atoms with van der Waals surface area (Å²) in [6, 6.07) is 11.4. The predicted octanol–water partition coefficient (Wildman–Crippen LogP) is 3.94. The van der Waals surface area contributed by atoms with Gasteiger partial charge in [-0.25, -0.2) is 8.42 Å². The zero-order valence-corrected chi connectivity index (χ0v) is 15.5. The number of benzene rings is 2. The fourth-order valence-corrected chi connectivity index (χ4v) is 4.71. The van der Waals surface area contributed by atoms with Crippen molar-refractivity contribution in [2.45, 2.75) is 38.3 Å². The van der Waals surface area contributed by atoms with Crippen molar-refractivity contribution in [2.24, 2.45) is 0 Å². The molecule has 0 atom stereocenters. The lowest BCUT2D eigenvalue weighted by molar-refractivity contribution is 0.389. The van der Waals surface area contributed by atoms with E-state index in [0.717, 1.165) is 27.8 Å². The van der Waals surface area contributed by atoms with Crippen molar-refractivity contribution in [2.75, 3.05) is 0 Å². The second-order valence-electron chi connectivity index (χ2n) is 6.36. The SMILES string of the molecule is Cc1ccc(-c2noc(CS(=O)(=O)c3c(C)cc(C)cc3C)n2)cc1. The maximum Gasteiger partial charge on any atom is 0.242 e. The topological polar surface area (TPSA) is 73.1 Å². The maximum atomic E-state index is 12.8. The third-order valence-corrected chi connectivity index (χ3v) is 5.90. The molecular weight excluding hydrogens is 336 g/mol. The van der Waals surface area contributed by atoms with Crippen LogP contribution in [0.15, 0.2) is 45.8 Å². The van der Waals surface area contributed by atoms with Gasteiger partial charge in [-0.1, -0.05) is 52.7 Å². The van der Waals surface area contributed by atoms with Gasteiger partial charge in [-0.05, 0) is 38.8 Å². The smallest absolute Gasteiger partial charge is 0.242 e. The molecule has 3 aromatic rings. The van der Waals surface area contributed by atoms with E-state index in [4.69, 9.17) is 4.52 Å². The molecule has 0 unspecified atom stereocenters. The molecule has 0 saturated carbocycles. The van der Waals surface area contributed by atoms with E-state index < -0.39 is 9.84 Å². The van der Waals surface area contributed by atoms with Crippen LogP contribution >= 0.6 is 0 Å². The first kappa shape index (κ1) is 17.4. The van der Waals surface area contributed by atoms with Gasteiger partial charge in [0.15, 0.2) is 9.84 Å². The number of rotatable bonds is 4. The van der Waals surface area contributed by atoms with Crippen LogP contribution in [0.25, 0.3) is 11.4 Å². The maximum absolute atomic E-state index is 12.8. The summed E-state index contributed by atoms with van der Waals surface area (Å²) in [5, 5.41) is 3.90. The van der Waals surface area contributed by atoms with Crippen LogP contribution in [0.1, 0.15) is 28.1 Å². The van der Waals surface area contributed by atoms with Crippen molar-refractivity contribution in [3.8, 4) is 11.4 Å². The van der Waals surface area contributed by atoms with Gasteiger partial charge in [0.2, 0.25) is 11.7 Å². The van der Waals surface area contributed by atoms with Crippen LogP contribution in [0.4, 0.5) is 0 Å².